The predicted molar refractivity (Wildman–Crippen MR) is 71.6 cm³/mol. The van der Waals surface area contributed by atoms with Crippen LogP contribution in [0.25, 0.3) is 0 Å². The Balaban J connectivity index is 2.17. The first-order valence-corrected chi connectivity index (χ1v) is 6.90. The summed E-state index contributed by atoms with van der Waals surface area (Å²) >= 11 is 1.59. The van der Waals surface area contributed by atoms with Gasteiger partial charge in [-0.2, -0.15) is 0 Å². The van der Waals surface area contributed by atoms with Crippen LogP contribution in [0.3, 0.4) is 0 Å². The van der Waals surface area contributed by atoms with Crippen LogP contribution in [0.15, 0.2) is 24.3 Å². The predicted octanol–water partition coefficient (Wildman–Crippen LogP) is 1.65. The summed E-state index contributed by atoms with van der Waals surface area (Å²) < 4.78 is 5.12. The van der Waals surface area contributed by atoms with Gasteiger partial charge in [-0.25, -0.2) is 0 Å². The van der Waals surface area contributed by atoms with Crippen molar-refractivity contribution in [2.75, 3.05) is 19.4 Å². The lowest BCUT2D eigenvalue weighted by atomic mass is 10.2. The highest BCUT2D eigenvalue weighted by Crippen LogP contribution is 2.38. The van der Waals surface area contributed by atoms with Crippen molar-refractivity contribution in [3.8, 4) is 5.75 Å². The Morgan fingerprint density at radius 2 is 2.17 bits per heavy atom. The molecule has 4 nitrogen and oxygen atoms in total. The van der Waals surface area contributed by atoms with Crippen molar-refractivity contribution in [1.29, 1.82) is 0 Å². The Kier molecular flexibility index (Phi) is 4.14. The number of thioether (sulfide) groups is 1. The molecular weight excluding hydrogens is 250 g/mol. The van der Waals surface area contributed by atoms with Crippen molar-refractivity contribution >= 4 is 17.7 Å². The van der Waals surface area contributed by atoms with E-state index in [9.17, 15) is 9.90 Å². The molecule has 1 saturated heterocycles. The molecular formula is C13H17NO3S. The first-order chi connectivity index (χ1) is 8.61. The van der Waals surface area contributed by atoms with Gasteiger partial charge in [0, 0.05) is 6.54 Å². The molecule has 0 spiro atoms. The van der Waals surface area contributed by atoms with Gasteiger partial charge in [-0.3, -0.25) is 4.79 Å². The largest absolute Gasteiger partial charge is 0.497 e. The van der Waals surface area contributed by atoms with Crippen LogP contribution >= 0.6 is 11.8 Å². The van der Waals surface area contributed by atoms with Crippen molar-refractivity contribution < 1.29 is 14.6 Å². The van der Waals surface area contributed by atoms with E-state index in [4.69, 9.17) is 4.74 Å². The highest BCUT2D eigenvalue weighted by molar-refractivity contribution is 8.00. The van der Waals surface area contributed by atoms with Crippen LogP contribution in [-0.2, 0) is 4.79 Å². The van der Waals surface area contributed by atoms with E-state index in [1.807, 2.05) is 24.3 Å². The molecule has 1 amide bonds. The summed E-state index contributed by atoms with van der Waals surface area (Å²) in [5.41, 5.74) is 1.06. The van der Waals surface area contributed by atoms with Gasteiger partial charge in [0.1, 0.15) is 11.1 Å². The normalized spacial score (nSPS) is 21.2. The maximum Gasteiger partial charge on any atom is 0.233 e. The van der Waals surface area contributed by atoms with Crippen LogP contribution in [0.1, 0.15) is 17.9 Å². The molecule has 2 rings (SSSR count). The number of carbonyl (C=O) groups is 1. The van der Waals surface area contributed by atoms with Gasteiger partial charge < -0.3 is 14.7 Å². The van der Waals surface area contributed by atoms with Gasteiger partial charge in [0.15, 0.2) is 0 Å². The lowest BCUT2D eigenvalue weighted by Gasteiger charge is -2.25. The first kappa shape index (κ1) is 13.2. The number of carbonyl (C=O) groups excluding carboxylic acids is 1. The van der Waals surface area contributed by atoms with Gasteiger partial charge in [0.25, 0.3) is 0 Å². The van der Waals surface area contributed by atoms with Crippen LogP contribution in [0.5, 0.6) is 5.75 Å². The second-order valence-electron chi connectivity index (χ2n) is 4.33. The minimum atomic E-state index is -0.506. The Morgan fingerprint density at radius 1 is 1.50 bits per heavy atom. The minimum Gasteiger partial charge on any atom is -0.497 e. The van der Waals surface area contributed by atoms with Crippen LogP contribution in [0.4, 0.5) is 0 Å². The molecule has 1 aromatic carbocycles. The van der Waals surface area contributed by atoms with Crippen molar-refractivity contribution in [2.45, 2.75) is 18.4 Å². The third-order valence-electron chi connectivity index (χ3n) is 2.83. The monoisotopic (exact) mass is 267 g/mol. The molecule has 2 atom stereocenters. The third-order valence-corrected chi connectivity index (χ3v) is 4.09. The average molecular weight is 267 g/mol. The van der Waals surface area contributed by atoms with E-state index in [0.717, 1.165) is 11.3 Å². The van der Waals surface area contributed by atoms with Crippen LogP contribution in [0.2, 0.25) is 0 Å². The maximum atomic E-state index is 11.8. The summed E-state index contributed by atoms with van der Waals surface area (Å²) in [5, 5.41) is 9.45. The van der Waals surface area contributed by atoms with Crippen molar-refractivity contribution in [3.63, 3.8) is 0 Å². The SMILES string of the molecule is COc1ccc([C@H]2SCC(=O)N2C[C@@H](C)O)cc1. The average Bonchev–Trinajstić information content (AvgIpc) is 2.71. The van der Waals surface area contributed by atoms with Gasteiger partial charge in [-0.15, -0.1) is 11.8 Å². The second-order valence-corrected chi connectivity index (χ2v) is 5.40. The van der Waals surface area contributed by atoms with E-state index in [0.29, 0.717) is 12.3 Å². The molecule has 0 radical (unpaired) electrons. The van der Waals surface area contributed by atoms with Gasteiger partial charge in [-0.05, 0) is 24.6 Å². The molecule has 18 heavy (non-hydrogen) atoms. The number of benzene rings is 1. The van der Waals surface area contributed by atoms with Crippen molar-refractivity contribution in [2.24, 2.45) is 0 Å². The fourth-order valence-electron chi connectivity index (χ4n) is 1.98. The first-order valence-electron chi connectivity index (χ1n) is 5.85. The number of aliphatic hydroxyl groups excluding tert-OH is 1. The van der Waals surface area contributed by atoms with Crippen LogP contribution < -0.4 is 4.74 Å². The Morgan fingerprint density at radius 3 is 2.72 bits per heavy atom. The summed E-state index contributed by atoms with van der Waals surface area (Å²) in [6.45, 7) is 2.07. The van der Waals surface area contributed by atoms with E-state index < -0.39 is 6.10 Å². The molecule has 1 aliphatic heterocycles. The number of methoxy groups -OCH3 is 1. The zero-order chi connectivity index (χ0) is 13.1. The fraction of sp³-hybridized carbons (Fsp3) is 0.462. The van der Waals surface area contributed by atoms with Crippen LogP contribution in [-0.4, -0.2) is 41.4 Å². The molecule has 0 aliphatic carbocycles. The summed E-state index contributed by atoms with van der Waals surface area (Å²) in [6.07, 6.45) is -0.506. The van der Waals surface area contributed by atoms with Gasteiger partial charge in [0.05, 0.1) is 19.0 Å². The lowest BCUT2D eigenvalue weighted by molar-refractivity contribution is -0.129. The summed E-state index contributed by atoms with van der Waals surface area (Å²) in [5.74, 6) is 1.36. The van der Waals surface area contributed by atoms with E-state index in [-0.39, 0.29) is 11.3 Å². The molecule has 0 bridgehead atoms. The van der Waals surface area contributed by atoms with Crippen molar-refractivity contribution in [3.05, 3.63) is 29.8 Å². The number of ether oxygens (including phenoxy) is 1. The highest BCUT2D eigenvalue weighted by Gasteiger charge is 2.33. The molecule has 1 N–H and O–H groups in total. The molecule has 5 heteroatoms. The second kappa shape index (κ2) is 5.63. The molecule has 1 heterocycles. The number of hydrogen-bond acceptors (Lipinski definition) is 4. The zero-order valence-electron chi connectivity index (χ0n) is 10.5. The lowest BCUT2D eigenvalue weighted by Crippen LogP contribution is -2.34. The molecule has 0 saturated carbocycles. The number of rotatable bonds is 4. The van der Waals surface area contributed by atoms with E-state index in [1.165, 1.54) is 0 Å². The van der Waals surface area contributed by atoms with E-state index >= 15 is 0 Å². The highest BCUT2D eigenvalue weighted by atomic mass is 32.2. The van der Waals surface area contributed by atoms with Gasteiger partial charge in [-0.1, -0.05) is 12.1 Å². The topological polar surface area (TPSA) is 49.8 Å². The van der Waals surface area contributed by atoms with Gasteiger partial charge >= 0.3 is 0 Å². The Bertz CT molecular complexity index is 419. The molecule has 98 valence electrons. The number of aliphatic hydroxyl groups is 1. The molecule has 0 unspecified atom stereocenters. The maximum absolute atomic E-state index is 11.8. The summed E-state index contributed by atoms with van der Waals surface area (Å²) in [4.78, 5) is 13.5. The zero-order valence-corrected chi connectivity index (χ0v) is 11.3. The van der Waals surface area contributed by atoms with E-state index in [1.54, 1.807) is 30.7 Å². The fourth-order valence-corrected chi connectivity index (χ4v) is 3.18. The van der Waals surface area contributed by atoms with Crippen molar-refractivity contribution in [1.82, 2.24) is 4.90 Å². The molecule has 1 fully saturated rings. The quantitative estimate of drug-likeness (QED) is 0.901. The third kappa shape index (κ3) is 2.79. The Labute approximate surface area is 111 Å². The minimum absolute atomic E-state index is 0.00185. The smallest absolute Gasteiger partial charge is 0.233 e. The number of β-amino-alcohol motifs (C(OH)–C–C–N with tert-alkyl or cyclic N) is 1. The molecule has 1 aliphatic rings. The number of amides is 1. The van der Waals surface area contributed by atoms with Crippen LogP contribution in [0, 0.1) is 0 Å². The summed E-state index contributed by atoms with van der Waals surface area (Å²) in [6, 6.07) is 7.70. The van der Waals surface area contributed by atoms with E-state index in [2.05, 4.69) is 0 Å². The molecule has 1 aromatic rings. The summed E-state index contributed by atoms with van der Waals surface area (Å²) in [7, 11) is 1.63. The van der Waals surface area contributed by atoms with Gasteiger partial charge in [0.2, 0.25) is 5.91 Å². The standard InChI is InChI=1S/C13H17NO3S/c1-9(15)7-14-12(16)8-18-13(14)10-3-5-11(17-2)6-4-10/h3-6,9,13,15H,7-8H2,1-2H3/t9-,13-/m1/s1. The Hall–Kier alpha value is -1.20. The molecule has 0 aromatic heterocycles. The number of nitrogens with zero attached hydrogens (tertiary/aromatic N) is 1. The number of hydrogen-bond donors (Lipinski definition) is 1.